The number of hydrogen-bond acceptors (Lipinski definition) is 6. The minimum atomic E-state index is -3.91. The van der Waals surface area contributed by atoms with Crippen molar-refractivity contribution in [2.75, 3.05) is 13.7 Å². The van der Waals surface area contributed by atoms with Crippen molar-refractivity contribution in [3.8, 4) is 5.75 Å². The van der Waals surface area contributed by atoms with Crippen LogP contribution in [-0.4, -0.2) is 38.2 Å². The number of nitro groups is 1. The fraction of sp³-hybridized carbons (Fsp3) is 0.400. The molecule has 8 nitrogen and oxygen atoms in total. The fourth-order valence-corrected chi connectivity index (χ4v) is 2.43. The first-order chi connectivity index (χ1) is 8.77. The zero-order valence-corrected chi connectivity index (χ0v) is 11.2. The first kappa shape index (κ1) is 15.3. The summed E-state index contributed by atoms with van der Waals surface area (Å²) in [6.07, 6.45) is -0.858. The van der Waals surface area contributed by atoms with E-state index in [0.717, 1.165) is 6.07 Å². The number of benzene rings is 1. The topological polar surface area (TPSA) is 119 Å². The summed E-state index contributed by atoms with van der Waals surface area (Å²) in [5.74, 6) is -0.0283. The Labute approximate surface area is 110 Å². The van der Waals surface area contributed by atoms with Gasteiger partial charge in [0.1, 0.15) is 0 Å². The summed E-state index contributed by atoms with van der Waals surface area (Å²) in [4.78, 5) is 9.80. The van der Waals surface area contributed by atoms with E-state index in [1.54, 1.807) is 0 Å². The Hall–Kier alpha value is -1.71. The number of aliphatic hydroxyl groups is 1. The van der Waals surface area contributed by atoms with Gasteiger partial charge in [-0.25, -0.2) is 13.1 Å². The van der Waals surface area contributed by atoms with Crippen molar-refractivity contribution in [2.24, 2.45) is 0 Å². The molecule has 1 aromatic carbocycles. The number of sulfonamides is 1. The minimum absolute atomic E-state index is 0.0283. The molecule has 0 unspecified atom stereocenters. The summed E-state index contributed by atoms with van der Waals surface area (Å²) in [5.41, 5.74) is -0.442. The van der Waals surface area contributed by atoms with E-state index >= 15 is 0 Å². The van der Waals surface area contributed by atoms with Crippen LogP contribution in [0.2, 0.25) is 0 Å². The molecule has 0 saturated carbocycles. The predicted molar refractivity (Wildman–Crippen MR) is 66.5 cm³/mol. The van der Waals surface area contributed by atoms with E-state index in [0.29, 0.717) is 0 Å². The summed E-state index contributed by atoms with van der Waals surface area (Å²) >= 11 is 0. The van der Waals surface area contributed by atoms with Gasteiger partial charge in [0, 0.05) is 12.6 Å². The Bertz CT molecular complexity index is 569. The van der Waals surface area contributed by atoms with E-state index in [1.807, 2.05) is 0 Å². The number of nitrogens with zero attached hydrogens (tertiary/aromatic N) is 1. The molecule has 0 saturated heterocycles. The Morgan fingerprint density at radius 2 is 2.16 bits per heavy atom. The number of hydrogen-bond donors (Lipinski definition) is 2. The van der Waals surface area contributed by atoms with Crippen LogP contribution in [0, 0.1) is 10.1 Å². The summed E-state index contributed by atoms with van der Waals surface area (Å²) in [5, 5.41) is 19.8. The second-order valence-corrected chi connectivity index (χ2v) is 5.56. The fourth-order valence-electron chi connectivity index (χ4n) is 1.29. The lowest BCUT2D eigenvalue weighted by molar-refractivity contribution is -0.386. The van der Waals surface area contributed by atoms with Crippen molar-refractivity contribution in [1.82, 2.24) is 4.72 Å². The Morgan fingerprint density at radius 1 is 1.53 bits per heavy atom. The second kappa shape index (κ2) is 5.95. The molecule has 0 aliphatic carbocycles. The van der Waals surface area contributed by atoms with E-state index in [-0.39, 0.29) is 17.2 Å². The van der Waals surface area contributed by atoms with E-state index in [9.17, 15) is 18.5 Å². The van der Waals surface area contributed by atoms with Gasteiger partial charge >= 0.3 is 5.69 Å². The average molecular weight is 290 g/mol. The third kappa shape index (κ3) is 3.88. The third-order valence-corrected chi connectivity index (χ3v) is 3.65. The van der Waals surface area contributed by atoms with Crippen LogP contribution >= 0.6 is 0 Å². The smallest absolute Gasteiger partial charge is 0.312 e. The predicted octanol–water partition coefficient (Wildman–Crippen LogP) is 0.262. The summed E-state index contributed by atoms with van der Waals surface area (Å²) in [6, 6.07) is 3.30. The van der Waals surface area contributed by atoms with Crippen molar-refractivity contribution in [3.63, 3.8) is 0 Å². The molecule has 0 amide bonds. The normalized spacial score (nSPS) is 13.0. The van der Waals surface area contributed by atoms with E-state index in [2.05, 4.69) is 4.72 Å². The van der Waals surface area contributed by atoms with Gasteiger partial charge in [-0.05, 0) is 19.1 Å². The van der Waals surface area contributed by atoms with Crippen molar-refractivity contribution in [2.45, 2.75) is 17.9 Å². The third-order valence-electron chi connectivity index (χ3n) is 2.23. The first-order valence-corrected chi connectivity index (χ1v) is 6.76. The molecular formula is C10H14N2O6S. The second-order valence-electron chi connectivity index (χ2n) is 3.79. The maximum Gasteiger partial charge on any atom is 0.312 e. The zero-order chi connectivity index (χ0) is 14.6. The van der Waals surface area contributed by atoms with Gasteiger partial charge in [-0.3, -0.25) is 10.1 Å². The molecular weight excluding hydrogens is 276 g/mol. The monoisotopic (exact) mass is 290 g/mol. The molecule has 0 fully saturated rings. The molecule has 9 heteroatoms. The maximum absolute atomic E-state index is 11.8. The molecule has 0 aliphatic rings. The molecule has 1 aromatic rings. The Kier molecular flexibility index (Phi) is 4.81. The van der Waals surface area contributed by atoms with Crippen LogP contribution in [0.4, 0.5) is 5.69 Å². The first-order valence-electron chi connectivity index (χ1n) is 5.28. The van der Waals surface area contributed by atoms with Crippen LogP contribution in [0.5, 0.6) is 5.75 Å². The maximum atomic E-state index is 11.8. The molecule has 1 rings (SSSR count). The average Bonchev–Trinajstić information content (AvgIpc) is 2.35. The van der Waals surface area contributed by atoms with Gasteiger partial charge < -0.3 is 9.84 Å². The number of nitrogens with one attached hydrogen (secondary N) is 1. The van der Waals surface area contributed by atoms with E-state index in [1.165, 1.54) is 26.2 Å². The highest BCUT2D eigenvalue weighted by molar-refractivity contribution is 7.89. The van der Waals surface area contributed by atoms with E-state index in [4.69, 9.17) is 9.84 Å². The molecule has 0 bridgehead atoms. The van der Waals surface area contributed by atoms with E-state index < -0.39 is 26.7 Å². The van der Waals surface area contributed by atoms with Gasteiger partial charge in [-0.15, -0.1) is 0 Å². The quantitative estimate of drug-likeness (QED) is 0.573. The van der Waals surface area contributed by atoms with Crippen molar-refractivity contribution < 1.29 is 23.2 Å². The summed E-state index contributed by atoms with van der Waals surface area (Å²) in [6.45, 7) is 1.24. The standard InChI is InChI=1S/C10H14N2O6S/c1-7(13)6-11-19(16,17)8-3-4-10(18-2)9(5-8)12(14)15/h3-5,7,11,13H,6H2,1-2H3/t7-/m1/s1. The highest BCUT2D eigenvalue weighted by atomic mass is 32.2. The summed E-state index contributed by atoms with van der Waals surface area (Å²) < 4.78 is 30.6. The Balaban J connectivity index is 3.14. The van der Waals surface area contributed by atoms with Crippen molar-refractivity contribution in [3.05, 3.63) is 28.3 Å². The SMILES string of the molecule is COc1ccc(S(=O)(=O)NC[C@@H](C)O)cc1[N+](=O)[O-]. The lowest BCUT2D eigenvalue weighted by atomic mass is 10.3. The van der Waals surface area contributed by atoms with Gasteiger partial charge in [0.25, 0.3) is 0 Å². The van der Waals surface area contributed by atoms with Gasteiger partial charge in [-0.1, -0.05) is 0 Å². The van der Waals surface area contributed by atoms with Crippen LogP contribution < -0.4 is 9.46 Å². The molecule has 1 atom stereocenters. The molecule has 0 spiro atoms. The van der Waals surface area contributed by atoms with Crippen LogP contribution in [0.15, 0.2) is 23.1 Å². The molecule has 106 valence electrons. The van der Waals surface area contributed by atoms with Gasteiger partial charge in [-0.2, -0.15) is 0 Å². The molecule has 0 radical (unpaired) electrons. The molecule has 2 N–H and O–H groups in total. The molecule has 0 heterocycles. The number of aliphatic hydroxyl groups excluding tert-OH is 1. The van der Waals surface area contributed by atoms with Crippen molar-refractivity contribution in [1.29, 1.82) is 0 Å². The molecule has 0 aliphatic heterocycles. The molecule has 19 heavy (non-hydrogen) atoms. The number of methoxy groups -OCH3 is 1. The summed E-state index contributed by atoms with van der Waals surface area (Å²) in [7, 11) is -2.65. The minimum Gasteiger partial charge on any atom is -0.490 e. The van der Waals surface area contributed by atoms with Gasteiger partial charge in [0.05, 0.1) is 23.0 Å². The molecule has 0 aromatic heterocycles. The Morgan fingerprint density at radius 3 is 2.63 bits per heavy atom. The largest absolute Gasteiger partial charge is 0.490 e. The van der Waals surface area contributed by atoms with Gasteiger partial charge in [0.2, 0.25) is 10.0 Å². The highest BCUT2D eigenvalue weighted by Gasteiger charge is 2.21. The highest BCUT2D eigenvalue weighted by Crippen LogP contribution is 2.29. The van der Waals surface area contributed by atoms with Crippen molar-refractivity contribution >= 4 is 15.7 Å². The zero-order valence-electron chi connectivity index (χ0n) is 10.4. The van der Waals surface area contributed by atoms with Crippen LogP contribution in [-0.2, 0) is 10.0 Å². The number of rotatable bonds is 6. The van der Waals surface area contributed by atoms with Crippen LogP contribution in [0.25, 0.3) is 0 Å². The number of nitro benzene ring substituents is 1. The van der Waals surface area contributed by atoms with Crippen LogP contribution in [0.1, 0.15) is 6.92 Å². The number of ether oxygens (including phenoxy) is 1. The van der Waals surface area contributed by atoms with Crippen LogP contribution in [0.3, 0.4) is 0 Å². The lowest BCUT2D eigenvalue weighted by Gasteiger charge is -2.09. The lowest BCUT2D eigenvalue weighted by Crippen LogP contribution is -2.30. The van der Waals surface area contributed by atoms with Gasteiger partial charge in [0.15, 0.2) is 5.75 Å².